The van der Waals surface area contributed by atoms with Crippen molar-refractivity contribution in [2.75, 3.05) is 11.4 Å². The molecule has 0 fully saturated rings. The van der Waals surface area contributed by atoms with Gasteiger partial charge in [-0.1, -0.05) is 42.5 Å². The van der Waals surface area contributed by atoms with Crippen LogP contribution in [0.5, 0.6) is 0 Å². The second-order valence-electron chi connectivity index (χ2n) is 5.60. The zero-order valence-electron chi connectivity index (χ0n) is 12.3. The zero-order chi connectivity index (χ0) is 14.8. The molecule has 3 nitrogen and oxygen atoms in total. The van der Waals surface area contributed by atoms with Crippen LogP contribution in [0.4, 0.5) is 5.69 Å². The standard InChI is InChI=1S/C18H20N2O/c1-13-6-2-4-8-15(13)16(19)12-20-17-9-5-3-7-14(17)10-11-18(20)21/h2-9,16H,10-12,19H2,1H3. The summed E-state index contributed by atoms with van der Waals surface area (Å²) in [6, 6.07) is 16.0. The maximum atomic E-state index is 12.3. The largest absolute Gasteiger partial charge is 0.322 e. The molecule has 108 valence electrons. The molecule has 2 aromatic rings. The molecule has 1 unspecified atom stereocenters. The predicted octanol–water partition coefficient (Wildman–Crippen LogP) is 2.97. The fourth-order valence-corrected chi connectivity index (χ4v) is 2.99. The van der Waals surface area contributed by atoms with Gasteiger partial charge in [0.05, 0.1) is 0 Å². The lowest BCUT2D eigenvalue weighted by Gasteiger charge is -2.31. The van der Waals surface area contributed by atoms with E-state index in [4.69, 9.17) is 5.73 Å². The van der Waals surface area contributed by atoms with Gasteiger partial charge in [-0.15, -0.1) is 0 Å². The van der Waals surface area contributed by atoms with Crippen LogP contribution in [0.15, 0.2) is 48.5 Å². The van der Waals surface area contributed by atoms with Crippen molar-refractivity contribution in [1.29, 1.82) is 0 Å². The van der Waals surface area contributed by atoms with E-state index >= 15 is 0 Å². The van der Waals surface area contributed by atoms with Gasteiger partial charge in [0.2, 0.25) is 5.91 Å². The normalized spacial score (nSPS) is 15.7. The first-order valence-corrected chi connectivity index (χ1v) is 7.36. The number of carbonyl (C=O) groups excluding carboxylic acids is 1. The van der Waals surface area contributed by atoms with E-state index < -0.39 is 0 Å². The molecule has 0 bridgehead atoms. The van der Waals surface area contributed by atoms with E-state index in [0.29, 0.717) is 13.0 Å². The van der Waals surface area contributed by atoms with Crippen LogP contribution in [0.25, 0.3) is 0 Å². The van der Waals surface area contributed by atoms with Gasteiger partial charge >= 0.3 is 0 Å². The molecule has 0 spiro atoms. The van der Waals surface area contributed by atoms with E-state index in [0.717, 1.165) is 17.7 Å². The molecule has 1 atom stereocenters. The number of nitrogens with two attached hydrogens (primary N) is 1. The third kappa shape index (κ3) is 2.69. The average molecular weight is 280 g/mol. The van der Waals surface area contributed by atoms with Gasteiger partial charge in [0.25, 0.3) is 0 Å². The lowest BCUT2D eigenvalue weighted by atomic mass is 9.98. The molecule has 1 aliphatic rings. The second kappa shape index (κ2) is 5.70. The zero-order valence-corrected chi connectivity index (χ0v) is 12.3. The smallest absolute Gasteiger partial charge is 0.227 e. The fourth-order valence-electron chi connectivity index (χ4n) is 2.99. The number of hydrogen-bond donors (Lipinski definition) is 1. The lowest BCUT2D eigenvalue weighted by Crippen LogP contribution is -2.40. The van der Waals surface area contributed by atoms with Crippen LogP contribution in [0, 0.1) is 6.92 Å². The lowest BCUT2D eigenvalue weighted by molar-refractivity contribution is -0.119. The molecule has 3 heteroatoms. The van der Waals surface area contributed by atoms with Crippen LogP contribution < -0.4 is 10.6 Å². The number of rotatable bonds is 3. The molecule has 0 radical (unpaired) electrons. The highest BCUT2D eigenvalue weighted by Crippen LogP contribution is 2.29. The summed E-state index contributed by atoms with van der Waals surface area (Å²) in [7, 11) is 0. The fraction of sp³-hybridized carbons (Fsp3) is 0.278. The molecule has 0 aliphatic carbocycles. The Labute approximate surface area is 125 Å². The van der Waals surface area contributed by atoms with E-state index in [-0.39, 0.29) is 11.9 Å². The van der Waals surface area contributed by atoms with Crippen LogP contribution in [-0.2, 0) is 11.2 Å². The molecule has 0 saturated carbocycles. The van der Waals surface area contributed by atoms with Gasteiger partial charge < -0.3 is 10.6 Å². The maximum Gasteiger partial charge on any atom is 0.227 e. The summed E-state index contributed by atoms with van der Waals surface area (Å²) in [5, 5.41) is 0. The van der Waals surface area contributed by atoms with Crippen molar-refractivity contribution in [2.24, 2.45) is 5.73 Å². The Morgan fingerprint density at radius 3 is 2.62 bits per heavy atom. The Hall–Kier alpha value is -2.13. The number of anilines is 1. The average Bonchev–Trinajstić information content (AvgIpc) is 2.50. The van der Waals surface area contributed by atoms with E-state index in [2.05, 4.69) is 19.1 Å². The highest BCUT2D eigenvalue weighted by molar-refractivity contribution is 5.96. The monoisotopic (exact) mass is 280 g/mol. The van der Waals surface area contributed by atoms with Gasteiger partial charge in [0.15, 0.2) is 0 Å². The predicted molar refractivity (Wildman–Crippen MR) is 85.2 cm³/mol. The third-order valence-corrected chi connectivity index (χ3v) is 4.16. The number of amides is 1. The highest BCUT2D eigenvalue weighted by Gasteiger charge is 2.25. The van der Waals surface area contributed by atoms with Gasteiger partial charge in [-0.25, -0.2) is 0 Å². The number of para-hydroxylation sites is 1. The number of carbonyl (C=O) groups is 1. The van der Waals surface area contributed by atoms with Crippen LogP contribution in [0.3, 0.4) is 0 Å². The first-order chi connectivity index (χ1) is 10.2. The van der Waals surface area contributed by atoms with Gasteiger partial charge in [0, 0.05) is 24.7 Å². The minimum Gasteiger partial charge on any atom is -0.322 e. The van der Waals surface area contributed by atoms with Crippen LogP contribution in [0.2, 0.25) is 0 Å². The number of aryl methyl sites for hydroxylation is 2. The van der Waals surface area contributed by atoms with E-state index in [9.17, 15) is 4.79 Å². The first-order valence-electron chi connectivity index (χ1n) is 7.36. The molecule has 3 rings (SSSR count). The topological polar surface area (TPSA) is 46.3 Å². The molecule has 2 aromatic carbocycles. The molecular weight excluding hydrogens is 260 g/mol. The molecule has 0 aromatic heterocycles. The SMILES string of the molecule is Cc1ccccc1C(N)CN1C(=O)CCc2ccccc21. The summed E-state index contributed by atoms with van der Waals surface area (Å²) >= 11 is 0. The van der Waals surface area contributed by atoms with E-state index in [1.54, 1.807) is 0 Å². The van der Waals surface area contributed by atoms with Crippen LogP contribution in [0.1, 0.15) is 29.2 Å². The second-order valence-corrected chi connectivity index (χ2v) is 5.60. The highest BCUT2D eigenvalue weighted by atomic mass is 16.2. The van der Waals surface area contributed by atoms with Crippen molar-refractivity contribution in [2.45, 2.75) is 25.8 Å². The summed E-state index contributed by atoms with van der Waals surface area (Å²) in [5.41, 5.74) is 10.9. The Bertz CT molecular complexity index is 666. The van der Waals surface area contributed by atoms with Crippen LogP contribution >= 0.6 is 0 Å². The quantitative estimate of drug-likeness (QED) is 0.939. The molecule has 2 N–H and O–H groups in total. The molecule has 1 heterocycles. The molecule has 21 heavy (non-hydrogen) atoms. The summed E-state index contributed by atoms with van der Waals surface area (Å²) in [5.74, 6) is 0.165. The van der Waals surface area contributed by atoms with E-state index in [1.165, 1.54) is 11.1 Å². The van der Waals surface area contributed by atoms with Crippen molar-refractivity contribution < 1.29 is 4.79 Å². The summed E-state index contributed by atoms with van der Waals surface area (Å²) in [4.78, 5) is 14.1. The maximum absolute atomic E-state index is 12.3. The third-order valence-electron chi connectivity index (χ3n) is 4.16. The Morgan fingerprint density at radius 1 is 1.10 bits per heavy atom. The van der Waals surface area contributed by atoms with Crippen molar-refractivity contribution in [3.63, 3.8) is 0 Å². The minimum atomic E-state index is -0.165. The van der Waals surface area contributed by atoms with E-state index in [1.807, 2.05) is 41.3 Å². The van der Waals surface area contributed by atoms with Crippen molar-refractivity contribution in [3.8, 4) is 0 Å². The van der Waals surface area contributed by atoms with Gasteiger partial charge in [-0.05, 0) is 36.1 Å². The Balaban J connectivity index is 1.88. The van der Waals surface area contributed by atoms with Crippen molar-refractivity contribution in [3.05, 3.63) is 65.2 Å². The summed E-state index contributed by atoms with van der Waals surface area (Å²) in [6.07, 6.45) is 1.39. The molecule has 0 saturated heterocycles. The van der Waals surface area contributed by atoms with Gasteiger partial charge in [0.1, 0.15) is 0 Å². The molecule has 1 aliphatic heterocycles. The molecular formula is C18H20N2O. The van der Waals surface area contributed by atoms with Gasteiger partial charge in [-0.3, -0.25) is 4.79 Å². The molecule has 1 amide bonds. The van der Waals surface area contributed by atoms with Crippen LogP contribution in [-0.4, -0.2) is 12.5 Å². The number of nitrogens with zero attached hydrogens (tertiary/aromatic N) is 1. The summed E-state index contributed by atoms with van der Waals surface area (Å²) < 4.78 is 0. The summed E-state index contributed by atoms with van der Waals surface area (Å²) in [6.45, 7) is 2.59. The Kier molecular flexibility index (Phi) is 3.76. The van der Waals surface area contributed by atoms with Gasteiger partial charge in [-0.2, -0.15) is 0 Å². The van der Waals surface area contributed by atoms with Crippen molar-refractivity contribution in [1.82, 2.24) is 0 Å². The first kappa shape index (κ1) is 13.8. The minimum absolute atomic E-state index is 0.165. The number of benzene rings is 2. The number of hydrogen-bond acceptors (Lipinski definition) is 2. The number of fused-ring (bicyclic) bond motifs is 1. The Morgan fingerprint density at radius 2 is 1.81 bits per heavy atom. The van der Waals surface area contributed by atoms with Crippen molar-refractivity contribution >= 4 is 11.6 Å².